The summed E-state index contributed by atoms with van der Waals surface area (Å²) < 4.78 is 0. The Balaban J connectivity index is 2.26. The number of anilines is 1. The number of benzene rings is 3. The molecule has 0 bridgehead atoms. The van der Waals surface area contributed by atoms with Gasteiger partial charge < -0.3 is 10.8 Å². The molecule has 3 N–H and O–H groups in total. The molecule has 3 aromatic carbocycles. The molecule has 0 aromatic heterocycles. The normalized spacial score (nSPS) is 10.7. The van der Waals surface area contributed by atoms with E-state index in [1.807, 2.05) is 30.3 Å². The molecule has 2 nitrogen and oxygen atoms in total. The van der Waals surface area contributed by atoms with Crippen molar-refractivity contribution in [2.75, 3.05) is 5.73 Å². The van der Waals surface area contributed by atoms with Crippen LogP contribution in [0.4, 0.5) is 5.69 Å². The van der Waals surface area contributed by atoms with Crippen LogP contribution in [-0.4, -0.2) is 5.11 Å². The fourth-order valence-electron chi connectivity index (χ4n) is 2.22. The molecule has 18 heavy (non-hydrogen) atoms. The Hall–Kier alpha value is -2.48. The Bertz CT molecular complexity index is 699. The zero-order valence-corrected chi connectivity index (χ0v) is 9.80. The van der Waals surface area contributed by atoms with Crippen LogP contribution in [0.15, 0.2) is 60.7 Å². The molecule has 0 aliphatic rings. The van der Waals surface area contributed by atoms with Crippen molar-refractivity contribution in [3.8, 4) is 16.9 Å². The molecule has 0 amide bonds. The van der Waals surface area contributed by atoms with Gasteiger partial charge in [-0.25, -0.2) is 0 Å². The molecule has 0 unspecified atom stereocenters. The second-order valence-electron chi connectivity index (χ2n) is 4.30. The van der Waals surface area contributed by atoms with Gasteiger partial charge in [-0.2, -0.15) is 0 Å². The lowest BCUT2D eigenvalue weighted by atomic mass is 9.99. The van der Waals surface area contributed by atoms with Crippen LogP contribution in [0.5, 0.6) is 5.75 Å². The van der Waals surface area contributed by atoms with Gasteiger partial charge in [0, 0.05) is 11.3 Å². The van der Waals surface area contributed by atoms with Crippen molar-refractivity contribution in [3.63, 3.8) is 0 Å². The van der Waals surface area contributed by atoms with Gasteiger partial charge in [0.25, 0.3) is 0 Å². The standard InChI is InChI=1S/C16H13NO/c17-14-6-3-7-15(18)16(14)13-9-8-11-4-1-2-5-12(11)10-13/h1-10,18H,17H2. The smallest absolute Gasteiger partial charge is 0.125 e. The summed E-state index contributed by atoms with van der Waals surface area (Å²) in [6, 6.07) is 19.4. The maximum atomic E-state index is 9.94. The van der Waals surface area contributed by atoms with Gasteiger partial charge in [-0.1, -0.05) is 42.5 Å². The predicted molar refractivity (Wildman–Crippen MR) is 75.5 cm³/mol. The van der Waals surface area contributed by atoms with E-state index in [0.29, 0.717) is 11.3 Å². The minimum absolute atomic E-state index is 0.213. The summed E-state index contributed by atoms with van der Waals surface area (Å²) in [5.74, 6) is 0.213. The molecule has 0 radical (unpaired) electrons. The van der Waals surface area contributed by atoms with Crippen LogP contribution in [0.2, 0.25) is 0 Å². The van der Waals surface area contributed by atoms with E-state index < -0.39 is 0 Å². The van der Waals surface area contributed by atoms with Gasteiger partial charge in [0.2, 0.25) is 0 Å². The second kappa shape index (κ2) is 4.08. The number of rotatable bonds is 1. The van der Waals surface area contributed by atoms with Crippen molar-refractivity contribution in [2.24, 2.45) is 0 Å². The maximum absolute atomic E-state index is 9.94. The summed E-state index contributed by atoms with van der Waals surface area (Å²) in [4.78, 5) is 0. The number of hydrogen-bond acceptors (Lipinski definition) is 2. The maximum Gasteiger partial charge on any atom is 0.125 e. The Labute approximate surface area is 105 Å². The highest BCUT2D eigenvalue weighted by molar-refractivity contribution is 5.91. The molecule has 0 aliphatic heterocycles. The third-order valence-corrected chi connectivity index (χ3v) is 3.11. The van der Waals surface area contributed by atoms with E-state index in [-0.39, 0.29) is 5.75 Å². The second-order valence-corrected chi connectivity index (χ2v) is 4.30. The van der Waals surface area contributed by atoms with Gasteiger partial charge in [-0.05, 0) is 34.5 Å². The van der Waals surface area contributed by atoms with Crippen molar-refractivity contribution in [1.82, 2.24) is 0 Å². The molecule has 3 rings (SSSR count). The van der Waals surface area contributed by atoms with Gasteiger partial charge in [0.05, 0.1) is 0 Å². The Morgan fingerprint density at radius 3 is 2.33 bits per heavy atom. The summed E-state index contributed by atoms with van der Waals surface area (Å²) in [6.07, 6.45) is 0. The molecular formula is C16H13NO. The van der Waals surface area contributed by atoms with Gasteiger partial charge in [0.1, 0.15) is 5.75 Å². The fraction of sp³-hybridized carbons (Fsp3) is 0. The molecule has 0 aliphatic carbocycles. The van der Waals surface area contributed by atoms with Crippen LogP contribution in [0.3, 0.4) is 0 Å². The monoisotopic (exact) mass is 235 g/mol. The van der Waals surface area contributed by atoms with Crippen molar-refractivity contribution < 1.29 is 5.11 Å². The first-order chi connectivity index (χ1) is 8.75. The van der Waals surface area contributed by atoms with Gasteiger partial charge in [-0.15, -0.1) is 0 Å². The SMILES string of the molecule is Nc1cccc(O)c1-c1ccc2ccccc2c1. The quantitative estimate of drug-likeness (QED) is 0.630. The largest absolute Gasteiger partial charge is 0.507 e. The van der Waals surface area contributed by atoms with E-state index >= 15 is 0 Å². The molecule has 0 saturated heterocycles. The molecule has 0 heterocycles. The van der Waals surface area contributed by atoms with Crippen LogP contribution < -0.4 is 5.73 Å². The lowest BCUT2D eigenvalue weighted by Crippen LogP contribution is -1.90. The summed E-state index contributed by atoms with van der Waals surface area (Å²) in [6.45, 7) is 0. The number of phenolic OH excluding ortho intramolecular Hbond substituents is 1. The summed E-state index contributed by atoms with van der Waals surface area (Å²) in [5, 5.41) is 12.2. The van der Waals surface area contributed by atoms with E-state index in [9.17, 15) is 5.11 Å². The Kier molecular flexibility index (Phi) is 2.41. The molecule has 88 valence electrons. The lowest BCUT2D eigenvalue weighted by molar-refractivity contribution is 0.477. The van der Waals surface area contributed by atoms with Crippen LogP contribution in [0.1, 0.15) is 0 Å². The number of hydrogen-bond donors (Lipinski definition) is 2. The summed E-state index contributed by atoms with van der Waals surface area (Å²) in [5.41, 5.74) is 8.16. The van der Waals surface area contributed by atoms with Gasteiger partial charge in [-0.3, -0.25) is 0 Å². The first-order valence-electron chi connectivity index (χ1n) is 5.82. The molecule has 0 spiro atoms. The zero-order valence-electron chi connectivity index (χ0n) is 9.80. The van der Waals surface area contributed by atoms with Gasteiger partial charge >= 0.3 is 0 Å². The Morgan fingerprint density at radius 2 is 1.56 bits per heavy atom. The average Bonchev–Trinajstić information content (AvgIpc) is 2.38. The molecular weight excluding hydrogens is 222 g/mol. The number of nitrogens with two attached hydrogens (primary N) is 1. The summed E-state index contributed by atoms with van der Waals surface area (Å²) in [7, 11) is 0. The number of aromatic hydroxyl groups is 1. The lowest BCUT2D eigenvalue weighted by Gasteiger charge is -2.09. The highest BCUT2D eigenvalue weighted by Crippen LogP contribution is 2.35. The molecule has 3 aromatic rings. The van der Waals surface area contributed by atoms with Crippen molar-refractivity contribution in [1.29, 1.82) is 0 Å². The summed E-state index contributed by atoms with van der Waals surface area (Å²) >= 11 is 0. The number of phenols is 1. The van der Waals surface area contributed by atoms with E-state index in [0.717, 1.165) is 10.9 Å². The molecule has 0 atom stereocenters. The van der Waals surface area contributed by atoms with Crippen molar-refractivity contribution in [2.45, 2.75) is 0 Å². The van der Waals surface area contributed by atoms with E-state index in [2.05, 4.69) is 12.1 Å². The van der Waals surface area contributed by atoms with E-state index in [1.165, 1.54) is 5.39 Å². The molecule has 2 heteroatoms. The average molecular weight is 235 g/mol. The number of nitrogen functional groups attached to an aromatic ring is 1. The third-order valence-electron chi connectivity index (χ3n) is 3.11. The van der Waals surface area contributed by atoms with Crippen LogP contribution in [-0.2, 0) is 0 Å². The van der Waals surface area contributed by atoms with Gasteiger partial charge in [0.15, 0.2) is 0 Å². The van der Waals surface area contributed by atoms with Crippen molar-refractivity contribution >= 4 is 16.5 Å². The van der Waals surface area contributed by atoms with Crippen molar-refractivity contribution in [3.05, 3.63) is 60.7 Å². The van der Waals surface area contributed by atoms with Crippen LogP contribution >= 0.6 is 0 Å². The minimum Gasteiger partial charge on any atom is -0.507 e. The first kappa shape index (κ1) is 10.7. The highest BCUT2D eigenvalue weighted by Gasteiger charge is 2.08. The molecule has 0 fully saturated rings. The van der Waals surface area contributed by atoms with E-state index in [4.69, 9.17) is 5.73 Å². The zero-order chi connectivity index (χ0) is 12.5. The predicted octanol–water partition coefficient (Wildman–Crippen LogP) is 3.79. The molecule has 0 saturated carbocycles. The minimum atomic E-state index is 0.213. The van der Waals surface area contributed by atoms with Crippen LogP contribution in [0, 0.1) is 0 Å². The topological polar surface area (TPSA) is 46.2 Å². The fourth-order valence-corrected chi connectivity index (χ4v) is 2.22. The van der Waals surface area contributed by atoms with Crippen LogP contribution in [0.25, 0.3) is 21.9 Å². The number of fused-ring (bicyclic) bond motifs is 1. The van der Waals surface area contributed by atoms with E-state index in [1.54, 1.807) is 18.2 Å². The third kappa shape index (κ3) is 1.68. The highest BCUT2D eigenvalue weighted by atomic mass is 16.3. The first-order valence-corrected chi connectivity index (χ1v) is 5.82. The Morgan fingerprint density at radius 1 is 0.778 bits per heavy atom.